The molecule has 0 radical (unpaired) electrons. The summed E-state index contributed by atoms with van der Waals surface area (Å²) in [4.78, 5) is 39.2. The van der Waals surface area contributed by atoms with Crippen LogP contribution in [-0.4, -0.2) is 54.0 Å². The highest BCUT2D eigenvalue weighted by atomic mass is 16.7. The molecule has 8 heteroatoms. The van der Waals surface area contributed by atoms with Crippen molar-refractivity contribution in [1.82, 2.24) is 0 Å². The molecule has 4 bridgehead atoms. The van der Waals surface area contributed by atoms with Crippen molar-refractivity contribution in [2.75, 3.05) is 6.61 Å². The molecule has 6 rings (SSSR count). The van der Waals surface area contributed by atoms with E-state index in [4.69, 9.17) is 23.7 Å². The second-order valence-electron chi connectivity index (χ2n) is 9.30. The van der Waals surface area contributed by atoms with Crippen molar-refractivity contribution >= 4 is 17.7 Å². The normalized spacial score (nSPS) is 48.2. The molecular weight excluding hydrogens is 392 g/mol. The van der Waals surface area contributed by atoms with Crippen molar-refractivity contribution in [1.29, 1.82) is 0 Å². The van der Waals surface area contributed by atoms with Gasteiger partial charge in [0.15, 0.2) is 23.1 Å². The summed E-state index contributed by atoms with van der Waals surface area (Å²) in [6.45, 7) is 3.77. The van der Waals surface area contributed by atoms with Gasteiger partial charge in [-0.25, -0.2) is 4.79 Å². The molecule has 158 valence electrons. The van der Waals surface area contributed by atoms with Crippen LogP contribution in [0.15, 0.2) is 30.3 Å². The molecule has 1 aromatic carbocycles. The van der Waals surface area contributed by atoms with Crippen LogP contribution in [0, 0.1) is 17.3 Å². The summed E-state index contributed by atoms with van der Waals surface area (Å²) >= 11 is 0. The highest BCUT2D eigenvalue weighted by Crippen LogP contribution is 2.68. The zero-order valence-corrected chi connectivity index (χ0v) is 16.7. The number of ether oxygens (including phenoxy) is 5. The Morgan fingerprint density at radius 3 is 2.63 bits per heavy atom. The maximum atomic E-state index is 13.4. The van der Waals surface area contributed by atoms with Gasteiger partial charge in [0.05, 0.1) is 25.0 Å². The van der Waals surface area contributed by atoms with E-state index in [1.165, 1.54) is 0 Å². The summed E-state index contributed by atoms with van der Waals surface area (Å²) in [5.41, 5.74) is -2.66. The molecule has 4 saturated heterocycles. The molecule has 2 unspecified atom stereocenters. The first-order valence-corrected chi connectivity index (χ1v) is 10.2. The van der Waals surface area contributed by atoms with Crippen LogP contribution in [0.2, 0.25) is 0 Å². The molecule has 8 atom stereocenters. The van der Waals surface area contributed by atoms with Crippen LogP contribution in [0.5, 0.6) is 0 Å². The van der Waals surface area contributed by atoms with Gasteiger partial charge in [0, 0.05) is 0 Å². The number of carbonyl (C=O) groups is 3. The van der Waals surface area contributed by atoms with E-state index in [0.717, 1.165) is 5.56 Å². The molecule has 0 amide bonds. The third kappa shape index (κ3) is 1.95. The highest BCUT2D eigenvalue weighted by Gasteiger charge is 2.86. The minimum Gasteiger partial charge on any atom is -0.458 e. The summed E-state index contributed by atoms with van der Waals surface area (Å²) in [5.74, 6) is -2.68. The van der Waals surface area contributed by atoms with Gasteiger partial charge in [0.1, 0.15) is 6.10 Å². The molecule has 5 fully saturated rings. The fourth-order valence-electron chi connectivity index (χ4n) is 6.38. The zero-order valence-electron chi connectivity index (χ0n) is 16.7. The van der Waals surface area contributed by atoms with E-state index in [-0.39, 0.29) is 19.0 Å². The van der Waals surface area contributed by atoms with Crippen LogP contribution < -0.4 is 0 Å². The van der Waals surface area contributed by atoms with E-state index in [1.807, 2.05) is 37.3 Å². The lowest BCUT2D eigenvalue weighted by molar-refractivity contribution is -0.319. The molecule has 5 aliphatic rings. The van der Waals surface area contributed by atoms with Gasteiger partial charge in [0.25, 0.3) is 0 Å². The van der Waals surface area contributed by atoms with E-state index < -0.39 is 58.9 Å². The van der Waals surface area contributed by atoms with E-state index >= 15 is 0 Å². The summed E-state index contributed by atoms with van der Waals surface area (Å²) in [5, 5.41) is 0. The van der Waals surface area contributed by atoms with Crippen molar-refractivity contribution in [3.05, 3.63) is 35.9 Å². The van der Waals surface area contributed by atoms with Crippen LogP contribution >= 0.6 is 0 Å². The standard InChI is InChI=1S/C22H22O8/c1-20-8-13-21(2)22(16(18(25)29-21)26-9-11-6-4-3-5-7-11)15(20)14(23)19(30-22)27-10-12(20)17(24)28-13/h3-7,12-13,15-16,19H,8-10H2,1-2H3/t12-,13+,15?,16?,19+,20+,21-,22+/m0/s1. The SMILES string of the molecule is C[C@@]12C[C@H]3OC(=O)[C@@H]1CO[C@@H]1O[C@@]4(C(OCc5ccccc5)C(=O)O[C@@]34C)C2C1=O. The number of fused-ring (bicyclic) bond motifs is 3. The average molecular weight is 414 g/mol. The highest BCUT2D eigenvalue weighted by molar-refractivity contribution is 5.94. The fourth-order valence-corrected chi connectivity index (χ4v) is 6.38. The smallest absolute Gasteiger partial charge is 0.339 e. The predicted octanol–water partition coefficient (Wildman–Crippen LogP) is 1.15. The Hall–Kier alpha value is -2.29. The minimum atomic E-state index is -1.42. The largest absolute Gasteiger partial charge is 0.458 e. The third-order valence-corrected chi connectivity index (χ3v) is 7.85. The van der Waals surface area contributed by atoms with Gasteiger partial charge in [-0.3, -0.25) is 9.59 Å². The van der Waals surface area contributed by atoms with Gasteiger partial charge in [0.2, 0.25) is 6.29 Å². The quantitative estimate of drug-likeness (QED) is 0.680. The summed E-state index contributed by atoms with van der Waals surface area (Å²) < 4.78 is 29.6. The Labute approximate surface area is 172 Å². The van der Waals surface area contributed by atoms with Gasteiger partial charge in [-0.2, -0.15) is 0 Å². The van der Waals surface area contributed by atoms with Gasteiger partial charge in [-0.1, -0.05) is 37.3 Å². The van der Waals surface area contributed by atoms with Crippen LogP contribution in [0.25, 0.3) is 0 Å². The lowest BCUT2D eigenvalue weighted by atomic mass is 9.49. The summed E-state index contributed by atoms with van der Waals surface area (Å²) in [6, 6.07) is 9.43. The topological polar surface area (TPSA) is 97.4 Å². The molecule has 1 aliphatic carbocycles. The lowest BCUT2D eigenvalue weighted by Crippen LogP contribution is -2.75. The monoisotopic (exact) mass is 414 g/mol. The number of benzene rings is 1. The molecule has 1 saturated carbocycles. The first kappa shape index (κ1) is 18.5. The Balaban J connectivity index is 1.49. The third-order valence-electron chi connectivity index (χ3n) is 7.85. The van der Waals surface area contributed by atoms with Crippen molar-refractivity contribution < 1.29 is 38.1 Å². The van der Waals surface area contributed by atoms with Gasteiger partial charge in [-0.05, 0) is 24.3 Å². The van der Waals surface area contributed by atoms with Crippen LogP contribution in [0.3, 0.4) is 0 Å². The molecule has 1 spiro atoms. The van der Waals surface area contributed by atoms with Crippen molar-refractivity contribution in [3.63, 3.8) is 0 Å². The first-order valence-electron chi connectivity index (χ1n) is 10.2. The van der Waals surface area contributed by atoms with E-state index in [9.17, 15) is 14.4 Å². The van der Waals surface area contributed by atoms with Gasteiger partial charge in [-0.15, -0.1) is 0 Å². The van der Waals surface area contributed by atoms with E-state index in [0.29, 0.717) is 6.42 Å². The molecule has 4 heterocycles. The second kappa shape index (κ2) is 5.69. The van der Waals surface area contributed by atoms with Crippen LogP contribution in [0.1, 0.15) is 25.8 Å². The summed E-state index contributed by atoms with van der Waals surface area (Å²) in [7, 11) is 0. The fraction of sp³-hybridized carbons (Fsp3) is 0.591. The van der Waals surface area contributed by atoms with Gasteiger partial charge < -0.3 is 23.7 Å². The van der Waals surface area contributed by atoms with Gasteiger partial charge >= 0.3 is 11.9 Å². The molecule has 1 aromatic rings. The second-order valence-corrected chi connectivity index (χ2v) is 9.30. The molecule has 0 aromatic heterocycles. The minimum absolute atomic E-state index is 0.0477. The Bertz CT molecular complexity index is 961. The predicted molar refractivity (Wildman–Crippen MR) is 97.7 cm³/mol. The Morgan fingerprint density at radius 2 is 1.87 bits per heavy atom. The number of ketones is 1. The van der Waals surface area contributed by atoms with Crippen molar-refractivity contribution in [2.24, 2.45) is 17.3 Å². The van der Waals surface area contributed by atoms with Crippen LogP contribution in [-0.2, 0) is 44.7 Å². The average Bonchev–Trinajstić information content (AvgIpc) is 3.07. The van der Waals surface area contributed by atoms with E-state index in [1.54, 1.807) is 6.92 Å². The number of rotatable bonds is 3. The first-order chi connectivity index (χ1) is 14.3. The molecule has 8 nitrogen and oxygen atoms in total. The molecule has 4 aliphatic heterocycles. The number of esters is 2. The molecule has 30 heavy (non-hydrogen) atoms. The lowest BCUT2D eigenvalue weighted by Gasteiger charge is -2.60. The maximum absolute atomic E-state index is 13.4. The molecule has 0 N–H and O–H groups in total. The Kier molecular flexibility index (Phi) is 3.50. The number of hydrogen-bond donors (Lipinski definition) is 0. The van der Waals surface area contributed by atoms with Crippen molar-refractivity contribution in [2.45, 2.75) is 56.6 Å². The van der Waals surface area contributed by atoms with E-state index in [2.05, 4.69) is 0 Å². The number of carbonyl (C=O) groups excluding carboxylic acids is 3. The number of hydrogen-bond acceptors (Lipinski definition) is 8. The maximum Gasteiger partial charge on any atom is 0.339 e. The van der Waals surface area contributed by atoms with Crippen LogP contribution in [0.4, 0.5) is 0 Å². The van der Waals surface area contributed by atoms with Crippen molar-refractivity contribution in [3.8, 4) is 0 Å². The Morgan fingerprint density at radius 1 is 1.10 bits per heavy atom. The zero-order chi connectivity index (χ0) is 20.9. The number of Topliss-reactive ketones (excluding diaryl/α,β-unsaturated/α-hetero) is 1. The summed E-state index contributed by atoms with van der Waals surface area (Å²) in [6.07, 6.45) is -2.61. The molecular formula is C22H22O8.